The van der Waals surface area contributed by atoms with E-state index in [1.54, 1.807) is 6.92 Å². The van der Waals surface area contributed by atoms with Gasteiger partial charge in [0.25, 0.3) is 0 Å². The van der Waals surface area contributed by atoms with Gasteiger partial charge in [-0.15, -0.1) is 5.92 Å². The molecule has 3 heteroatoms. The molecule has 0 bridgehead atoms. The SMILES string of the molecule is CC#CCNc1ccc(C(C)(C)C(N)=O)cc1. The maximum Gasteiger partial charge on any atom is 0.227 e. The molecule has 0 aliphatic carbocycles. The van der Waals surface area contributed by atoms with Gasteiger partial charge in [0.05, 0.1) is 12.0 Å². The zero-order valence-electron chi connectivity index (χ0n) is 10.5. The van der Waals surface area contributed by atoms with E-state index in [0.29, 0.717) is 6.54 Å². The van der Waals surface area contributed by atoms with Crippen molar-refractivity contribution in [2.75, 3.05) is 11.9 Å². The molecule has 0 fully saturated rings. The summed E-state index contributed by atoms with van der Waals surface area (Å²) in [5.41, 5.74) is 6.63. The summed E-state index contributed by atoms with van der Waals surface area (Å²) in [5.74, 6) is 5.42. The monoisotopic (exact) mass is 230 g/mol. The summed E-state index contributed by atoms with van der Waals surface area (Å²) in [7, 11) is 0. The van der Waals surface area contributed by atoms with Gasteiger partial charge in [0, 0.05) is 5.69 Å². The number of carbonyl (C=O) groups is 1. The van der Waals surface area contributed by atoms with Crippen molar-refractivity contribution >= 4 is 11.6 Å². The van der Waals surface area contributed by atoms with Crippen LogP contribution in [0.4, 0.5) is 5.69 Å². The van der Waals surface area contributed by atoms with Crippen LogP contribution in [0.3, 0.4) is 0 Å². The van der Waals surface area contributed by atoms with Gasteiger partial charge in [-0.1, -0.05) is 18.1 Å². The van der Waals surface area contributed by atoms with Crippen LogP contribution in [0, 0.1) is 11.8 Å². The van der Waals surface area contributed by atoms with Gasteiger partial charge >= 0.3 is 0 Å². The van der Waals surface area contributed by atoms with E-state index in [0.717, 1.165) is 11.3 Å². The van der Waals surface area contributed by atoms with Crippen LogP contribution in [0.15, 0.2) is 24.3 Å². The Morgan fingerprint density at radius 2 is 1.94 bits per heavy atom. The number of hydrogen-bond donors (Lipinski definition) is 2. The fraction of sp³-hybridized carbons (Fsp3) is 0.357. The summed E-state index contributed by atoms with van der Waals surface area (Å²) in [4.78, 5) is 11.3. The van der Waals surface area contributed by atoms with Gasteiger partial charge in [0.15, 0.2) is 0 Å². The number of primary amides is 1. The third-order valence-electron chi connectivity index (χ3n) is 2.78. The summed E-state index contributed by atoms with van der Waals surface area (Å²) in [5, 5.41) is 3.16. The van der Waals surface area contributed by atoms with Crippen molar-refractivity contribution in [3.63, 3.8) is 0 Å². The molecule has 0 atom stereocenters. The lowest BCUT2D eigenvalue weighted by molar-refractivity contribution is -0.122. The van der Waals surface area contributed by atoms with E-state index < -0.39 is 5.41 Å². The molecule has 0 saturated heterocycles. The smallest absolute Gasteiger partial charge is 0.227 e. The Labute approximate surface area is 102 Å². The molecule has 3 N–H and O–H groups in total. The van der Waals surface area contributed by atoms with Crippen molar-refractivity contribution in [3.05, 3.63) is 29.8 Å². The predicted molar refractivity (Wildman–Crippen MR) is 70.6 cm³/mol. The number of rotatable bonds is 4. The lowest BCUT2D eigenvalue weighted by atomic mass is 9.84. The lowest BCUT2D eigenvalue weighted by Crippen LogP contribution is -2.35. The number of nitrogens with one attached hydrogen (secondary N) is 1. The summed E-state index contributed by atoms with van der Waals surface area (Å²) in [6.07, 6.45) is 0. The van der Waals surface area contributed by atoms with E-state index in [2.05, 4.69) is 17.2 Å². The fourth-order valence-electron chi connectivity index (χ4n) is 1.38. The van der Waals surface area contributed by atoms with Crippen LogP contribution in [-0.2, 0) is 10.2 Å². The van der Waals surface area contributed by atoms with E-state index in [1.165, 1.54) is 0 Å². The van der Waals surface area contributed by atoms with Crippen LogP contribution in [0.25, 0.3) is 0 Å². The largest absolute Gasteiger partial charge is 0.374 e. The number of benzene rings is 1. The summed E-state index contributed by atoms with van der Waals surface area (Å²) < 4.78 is 0. The van der Waals surface area contributed by atoms with Gasteiger partial charge in [0.1, 0.15) is 0 Å². The van der Waals surface area contributed by atoms with Gasteiger partial charge in [-0.2, -0.15) is 0 Å². The topological polar surface area (TPSA) is 55.1 Å². The van der Waals surface area contributed by atoms with Crippen LogP contribution < -0.4 is 11.1 Å². The summed E-state index contributed by atoms with van der Waals surface area (Å²) in [6.45, 7) is 6.07. The van der Waals surface area contributed by atoms with E-state index in [1.807, 2.05) is 38.1 Å². The highest BCUT2D eigenvalue weighted by atomic mass is 16.1. The number of hydrogen-bond acceptors (Lipinski definition) is 2. The van der Waals surface area contributed by atoms with Gasteiger partial charge in [0.2, 0.25) is 5.91 Å². The first-order chi connectivity index (χ1) is 7.98. The fourth-order valence-corrected chi connectivity index (χ4v) is 1.38. The molecule has 3 nitrogen and oxygen atoms in total. The van der Waals surface area contributed by atoms with Crippen molar-refractivity contribution in [2.24, 2.45) is 5.73 Å². The van der Waals surface area contributed by atoms with Crippen molar-refractivity contribution in [2.45, 2.75) is 26.2 Å². The molecule has 17 heavy (non-hydrogen) atoms. The highest BCUT2D eigenvalue weighted by molar-refractivity contribution is 5.85. The minimum absolute atomic E-state index is 0.324. The van der Waals surface area contributed by atoms with Gasteiger partial charge in [-0.25, -0.2) is 0 Å². The highest BCUT2D eigenvalue weighted by Crippen LogP contribution is 2.23. The molecular formula is C14H18N2O. The molecular weight excluding hydrogens is 212 g/mol. The Kier molecular flexibility index (Phi) is 4.17. The molecule has 0 aliphatic rings. The van der Waals surface area contributed by atoms with Gasteiger partial charge in [-0.3, -0.25) is 4.79 Å². The number of amides is 1. The summed E-state index contributed by atoms with van der Waals surface area (Å²) >= 11 is 0. The van der Waals surface area contributed by atoms with Crippen LogP contribution in [0.5, 0.6) is 0 Å². The molecule has 1 amide bonds. The third-order valence-corrected chi connectivity index (χ3v) is 2.78. The van der Waals surface area contributed by atoms with Crippen LogP contribution in [0.2, 0.25) is 0 Å². The first-order valence-corrected chi connectivity index (χ1v) is 5.52. The number of anilines is 1. The second-order valence-electron chi connectivity index (χ2n) is 4.35. The second kappa shape index (κ2) is 5.40. The Balaban J connectivity index is 2.80. The molecule has 0 aromatic heterocycles. The van der Waals surface area contributed by atoms with Crippen LogP contribution in [0.1, 0.15) is 26.3 Å². The van der Waals surface area contributed by atoms with Crippen molar-refractivity contribution in [1.82, 2.24) is 0 Å². The molecule has 1 aromatic carbocycles. The first-order valence-electron chi connectivity index (χ1n) is 5.52. The zero-order valence-corrected chi connectivity index (χ0v) is 10.5. The summed E-state index contributed by atoms with van der Waals surface area (Å²) in [6, 6.07) is 7.67. The minimum atomic E-state index is -0.637. The molecule has 90 valence electrons. The molecule has 0 aliphatic heterocycles. The maximum absolute atomic E-state index is 11.3. The normalized spacial score (nSPS) is 10.3. The Morgan fingerprint density at radius 1 is 1.35 bits per heavy atom. The molecule has 1 rings (SSSR count). The molecule has 0 saturated carbocycles. The number of nitrogens with two attached hydrogens (primary N) is 1. The standard InChI is InChI=1S/C14H18N2O/c1-4-5-10-16-12-8-6-11(7-9-12)14(2,3)13(15)17/h6-9,16H,10H2,1-3H3,(H2,15,17). The van der Waals surface area contributed by atoms with Crippen LogP contribution >= 0.6 is 0 Å². The van der Waals surface area contributed by atoms with Crippen molar-refractivity contribution < 1.29 is 4.79 Å². The molecule has 0 unspecified atom stereocenters. The Bertz CT molecular complexity index is 449. The highest BCUT2D eigenvalue weighted by Gasteiger charge is 2.26. The van der Waals surface area contributed by atoms with Crippen molar-refractivity contribution in [1.29, 1.82) is 0 Å². The average Bonchev–Trinajstić information content (AvgIpc) is 2.30. The zero-order chi connectivity index (χ0) is 12.9. The lowest BCUT2D eigenvalue weighted by Gasteiger charge is -2.21. The van der Waals surface area contributed by atoms with E-state index >= 15 is 0 Å². The predicted octanol–water partition coefficient (Wildman–Crippen LogP) is 1.88. The molecule has 0 radical (unpaired) electrons. The second-order valence-corrected chi connectivity index (χ2v) is 4.35. The van der Waals surface area contributed by atoms with Gasteiger partial charge in [-0.05, 0) is 38.5 Å². The number of carbonyl (C=O) groups excluding carboxylic acids is 1. The van der Waals surface area contributed by atoms with Crippen molar-refractivity contribution in [3.8, 4) is 11.8 Å². The van der Waals surface area contributed by atoms with E-state index in [9.17, 15) is 4.79 Å². The molecule has 0 spiro atoms. The minimum Gasteiger partial charge on any atom is -0.374 e. The molecule has 0 heterocycles. The Morgan fingerprint density at radius 3 is 2.41 bits per heavy atom. The maximum atomic E-state index is 11.3. The van der Waals surface area contributed by atoms with Gasteiger partial charge < -0.3 is 11.1 Å². The van der Waals surface area contributed by atoms with E-state index in [4.69, 9.17) is 5.73 Å². The first kappa shape index (κ1) is 13.1. The average molecular weight is 230 g/mol. The van der Waals surface area contributed by atoms with Crippen LogP contribution in [-0.4, -0.2) is 12.5 Å². The third kappa shape index (κ3) is 3.25. The quantitative estimate of drug-likeness (QED) is 0.776. The van der Waals surface area contributed by atoms with E-state index in [-0.39, 0.29) is 5.91 Å². The molecule has 1 aromatic rings. The Hall–Kier alpha value is -1.95.